The Morgan fingerprint density at radius 3 is 2.74 bits per heavy atom. The summed E-state index contributed by atoms with van der Waals surface area (Å²) in [6.07, 6.45) is 0. The Kier molecular flexibility index (Phi) is 6.07. The number of halogens is 1. The van der Waals surface area contributed by atoms with Crippen molar-refractivity contribution in [2.45, 2.75) is 0 Å². The lowest BCUT2D eigenvalue weighted by Crippen LogP contribution is -2.13. The monoisotopic (exact) mass is 333 g/mol. The van der Waals surface area contributed by atoms with Crippen LogP contribution >= 0.6 is 15.9 Å². The highest BCUT2D eigenvalue weighted by Gasteiger charge is 2.17. The first-order valence-electron chi connectivity index (χ1n) is 5.25. The molecule has 0 spiro atoms. The van der Waals surface area contributed by atoms with Gasteiger partial charge in [0, 0.05) is 5.33 Å². The van der Waals surface area contributed by atoms with Gasteiger partial charge in [0.1, 0.15) is 5.75 Å². The van der Waals surface area contributed by atoms with E-state index < -0.39 is 10.9 Å². The standard InChI is InChI=1S/C11H12BrNO6/c1-17-11(14)7-19-10-3-2-8(18-5-4-12)6-9(10)13(15)16/h2-3,6H,4-5,7H2,1H3. The van der Waals surface area contributed by atoms with Crippen LogP contribution in [0.1, 0.15) is 0 Å². The SMILES string of the molecule is COC(=O)COc1ccc(OCCBr)cc1[N+](=O)[O-]. The van der Waals surface area contributed by atoms with Crippen molar-refractivity contribution in [3.8, 4) is 11.5 Å². The van der Waals surface area contributed by atoms with Crippen LogP contribution in [-0.2, 0) is 9.53 Å². The van der Waals surface area contributed by atoms with E-state index in [-0.39, 0.29) is 18.0 Å². The minimum atomic E-state index is -0.617. The second-order valence-electron chi connectivity index (χ2n) is 3.29. The van der Waals surface area contributed by atoms with E-state index in [4.69, 9.17) is 9.47 Å². The highest BCUT2D eigenvalue weighted by Crippen LogP contribution is 2.31. The molecule has 0 aromatic heterocycles. The molecule has 0 heterocycles. The summed E-state index contributed by atoms with van der Waals surface area (Å²) in [4.78, 5) is 21.2. The Morgan fingerprint density at radius 1 is 1.42 bits per heavy atom. The number of carbonyl (C=O) groups is 1. The molecule has 104 valence electrons. The third kappa shape index (κ3) is 4.74. The summed E-state index contributed by atoms with van der Waals surface area (Å²) >= 11 is 3.18. The summed E-state index contributed by atoms with van der Waals surface area (Å²) in [5.41, 5.74) is -0.268. The zero-order valence-electron chi connectivity index (χ0n) is 10.1. The second-order valence-corrected chi connectivity index (χ2v) is 4.08. The first-order valence-corrected chi connectivity index (χ1v) is 6.37. The van der Waals surface area contributed by atoms with Crippen molar-refractivity contribution in [2.24, 2.45) is 0 Å². The van der Waals surface area contributed by atoms with Crippen molar-refractivity contribution < 1.29 is 23.9 Å². The van der Waals surface area contributed by atoms with Gasteiger partial charge < -0.3 is 14.2 Å². The van der Waals surface area contributed by atoms with E-state index in [0.717, 1.165) is 0 Å². The van der Waals surface area contributed by atoms with Gasteiger partial charge in [0.25, 0.3) is 0 Å². The molecule has 0 amide bonds. The van der Waals surface area contributed by atoms with Crippen LogP contribution in [0.5, 0.6) is 11.5 Å². The lowest BCUT2D eigenvalue weighted by atomic mass is 10.3. The van der Waals surface area contributed by atoms with Gasteiger partial charge in [-0.3, -0.25) is 10.1 Å². The molecular weight excluding hydrogens is 322 g/mol. The third-order valence-electron chi connectivity index (χ3n) is 2.05. The summed E-state index contributed by atoms with van der Waals surface area (Å²) in [6, 6.07) is 4.15. The van der Waals surface area contributed by atoms with Crippen molar-refractivity contribution in [1.82, 2.24) is 0 Å². The molecule has 0 atom stereocenters. The molecule has 0 N–H and O–H groups in total. The van der Waals surface area contributed by atoms with E-state index in [2.05, 4.69) is 20.7 Å². The summed E-state index contributed by atoms with van der Waals surface area (Å²) in [5, 5.41) is 11.5. The Morgan fingerprint density at radius 2 is 2.16 bits per heavy atom. The number of esters is 1. The number of nitro benzene ring substituents is 1. The third-order valence-corrected chi connectivity index (χ3v) is 2.37. The van der Waals surface area contributed by atoms with Crippen LogP contribution in [0.4, 0.5) is 5.69 Å². The van der Waals surface area contributed by atoms with Crippen molar-refractivity contribution in [3.05, 3.63) is 28.3 Å². The lowest BCUT2D eigenvalue weighted by Gasteiger charge is -2.08. The Balaban J connectivity index is 2.85. The Hall–Kier alpha value is -1.83. The summed E-state index contributed by atoms with van der Waals surface area (Å²) in [5.74, 6) is -0.271. The molecular formula is C11H12BrNO6. The first-order chi connectivity index (χ1) is 9.08. The number of hydrogen-bond acceptors (Lipinski definition) is 6. The molecule has 7 nitrogen and oxygen atoms in total. The number of benzene rings is 1. The van der Waals surface area contributed by atoms with Crippen LogP contribution in [0.15, 0.2) is 18.2 Å². The zero-order chi connectivity index (χ0) is 14.3. The molecule has 0 fully saturated rings. The molecule has 0 unspecified atom stereocenters. The predicted molar refractivity (Wildman–Crippen MR) is 69.9 cm³/mol. The highest BCUT2D eigenvalue weighted by atomic mass is 79.9. The van der Waals surface area contributed by atoms with Crippen molar-refractivity contribution in [3.63, 3.8) is 0 Å². The smallest absolute Gasteiger partial charge is 0.343 e. The fraction of sp³-hybridized carbons (Fsp3) is 0.364. The number of nitrogens with zero attached hydrogens (tertiary/aromatic N) is 1. The average molecular weight is 334 g/mol. The normalized spacial score (nSPS) is 9.79. The second kappa shape index (κ2) is 7.57. The van der Waals surface area contributed by atoms with Crippen molar-refractivity contribution in [2.75, 3.05) is 25.7 Å². The van der Waals surface area contributed by atoms with E-state index in [1.165, 1.54) is 25.3 Å². The molecule has 0 aliphatic carbocycles. The number of nitro groups is 1. The van der Waals surface area contributed by atoms with Crippen LogP contribution < -0.4 is 9.47 Å². The summed E-state index contributed by atoms with van der Waals surface area (Å²) in [7, 11) is 1.21. The minimum absolute atomic E-state index is 0.0124. The molecule has 1 aromatic carbocycles. The fourth-order valence-corrected chi connectivity index (χ4v) is 1.37. The molecule has 0 saturated carbocycles. The topological polar surface area (TPSA) is 87.9 Å². The van der Waals surface area contributed by atoms with Crippen LogP contribution in [0.2, 0.25) is 0 Å². The lowest BCUT2D eigenvalue weighted by molar-refractivity contribution is -0.385. The molecule has 8 heteroatoms. The number of hydrogen-bond donors (Lipinski definition) is 0. The van der Waals surface area contributed by atoms with Gasteiger partial charge in [0.15, 0.2) is 12.4 Å². The van der Waals surface area contributed by atoms with Crippen LogP contribution in [0, 0.1) is 10.1 Å². The molecule has 0 saturated heterocycles. The minimum Gasteiger partial charge on any atom is -0.492 e. The quantitative estimate of drug-likeness (QED) is 0.328. The van der Waals surface area contributed by atoms with Crippen LogP contribution in [-0.4, -0.2) is 36.5 Å². The zero-order valence-corrected chi connectivity index (χ0v) is 11.7. The maximum absolute atomic E-state index is 10.9. The average Bonchev–Trinajstić information content (AvgIpc) is 2.42. The number of rotatable bonds is 7. The summed E-state index contributed by atoms with van der Waals surface area (Å²) in [6.45, 7) is -0.00153. The molecule has 19 heavy (non-hydrogen) atoms. The Labute approximate surface area is 117 Å². The van der Waals surface area contributed by atoms with Gasteiger partial charge in [-0.15, -0.1) is 0 Å². The van der Waals surface area contributed by atoms with Crippen LogP contribution in [0.25, 0.3) is 0 Å². The van der Waals surface area contributed by atoms with Gasteiger partial charge in [-0.25, -0.2) is 4.79 Å². The van der Waals surface area contributed by atoms with Crippen molar-refractivity contribution in [1.29, 1.82) is 0 Å². The largest absolute Gasteiger partial charge is 0.492 e. The van der Waals surface area contributed by atoms with E-state index in [1.54, 1.807) is 0 Å². The van der Waals surface area contributed by atoms with E-state index in [0.29, 0.717) is 17.7 Å². The number of carbonyl (C=O) groups excluding carboxylic acids is 1. The van der Waals surface area contributed by atoms with Gasteiger partial charge in [-0.1, -0.05) is 15.9 Å². The summed E-state index contributed by atoms with van der Waals surface area (Å²) < 4.78 is 14.7. The highest BCUT2D eigenvalue weighted by molar-refractivity contribution is 9.09. The molecule has 0 radical (unpaired) electrons. The molecule has 0 bridgehead atoms. The maximum atomic E-state index is 10.9. The molecule has 1 rings (SSSR count). The van der Waals surface area contributed by atoms with E-state index in [9.17, 15) is 14.9 Å². The predicted octanol–water partition coefficient (Wildman–Crippen LogP) is 1.92. The van der Waals surface area contributed by atoms with Gasteiger partial charge in [-0.2, -0.15) is 0 Å². The Bertz CT molecular complexity index is 464. The maximum Gasteiger partial charge on any atom is 0.343 e. The van der Waals surface area contributed by atoms with Gasteiger partial charge in [0.05, 0.1) is 24.7 Å². The van der Waals surface area contributed by atoms with Gasteiger partial charge >= 0.3 is 11.7 Å². The number of alkyl halides is 1. The van der Waals surface area contributed by atoms with Gasteiger partial charge in [0.2, 0.25) is 0 Å². The fourth-order valence-electron chi connectivity index (χ4n) is 1.20. The van der Waals surface area contributed by atoms with E-state index >= 15 is 0 Å². The first kappa shape index (κ1) is 15.2. The molecule has 0 aliphatic heterocycles. The molecule has 1 aromatic rings. The van der Waals surface area contributed by atoms with Crippen LogP contribution in [0.3, 0.4) is 0 Å². The molecule has 0 aliphatic rings. The number of ether oxygens (including phenoxy) is 3. The van der Waals surface area contributed by atoms with Crippen molar-refractivity contribution >= 4 is 27.6 Å². The number of methoxy groups -OCH3 is 1. The van der Waals surface area contributed by atoms with E-state index in [1.807, 2.05) is 0 Å². The van der Waals surface area contributed by atoms with Gasteiger partial charge in [-0.05, 0) is 12.1 Å².